The Morgan fingerprint density at radius 1 is 1.09 bits per heavy atom. The molecule has 1 aromatic heterocycles. The Bertz CT molecular complexity index is 1210. The molecular weight excluding hydrogens is 457 g/mol. The van der Waals surface area contributed by atoms with Crippen molar-refractivity contribution in [3.05, 3.63) is 59.8 Å². The van der Waals surface area contributed by atoms with Gasteiger partial charge in [0.25, 0.3) is 6.43 Å². The van der Waals surface area contributed by atoms with E-state index in [4.69, 9.17) is 0 Å². The third-order valence-electron chi connectivity index (χ3n) is 5.27. The number of aromatic nitrogens is 2. The summed E-state index contributed by atoms with van der Waals surface area (Å²) in [4.78, 5) is 0. The van der Waals surface area contributed by atoms with E-state index >= 15 is 0 Å². The van der Waals surface area contributed by atoms with Crippen LogP contribution in [-0.2, 0) is 21.7 Å². The standard InChI is InChI=1S/C20H20F5N3O3S/c1-3-19(17(29)18(21)22,12-7-9-13(10-8-12)20(23,24)25)28-16-6-4-5-15(14(16)11-26-28)27-32(2,30)31/h4-11,17-18,27,29H,3H2,1-2H3. The number of rotatable bonds is 7. The number of aliphatic hydroxyl groups is 1. The quantitative estimate of drug-likeness (QED) is 0.500. The third-order valence-corrected chi connectivity index (χ3v) is 5.86. The van der Waals surface area contributed by atoms with Gasteiger partial charge < -0.3 is 5.11 Å². The molecule has 2 atom stereocenters. The van der Waals surface area contributed by atoms with Crippen molar-refractivity contribution in [2.24, 2.45) is 0 Å². The molecular formula is C20H20F5N3O3S. The number of hydrogen-bond donors (Lipinski definition) is 2. The molecule has 0 aliphatic rings. The molecule has 174 valence electrons. The Morgan fingerprint density at radius 3 is 2.19 bits per heavy atom. The summed E-state index contributed by atoms with van der Waals surface area (Å²) in [5.74, 6) is 0. The minimum atomic E-state index is -4.63. The summed E-state index contributed by atoms with van der Waals surface area (Å²) in [5.41, 5.74) is -2.56. The lowest BCUT2D eigenvalue weighted by molar-refractivity contribution is -0.137. The van der Waals surface area contributed by atoms with E-state index in [0.29, 0.717) is 0 Å². The molecule has 3 rings (SSSR count). The predicted molar refractivity (Wildman–Crippen MR) is 109 cm³/mol. The Labute approximate surface area is 180 Å². The molecule has 0 amide bonds. The Hall–Kier alpha value is -2.73. The SMILES string of the molecule is CCC(c1ccc(C(F)(F)F)cc1)(C(O)C(F)F)n1ncc2c(NS(C)(=O)=O)cccc21. The van der Waals surface area contributed by atoms with Gasteiger partial charge in [-0.3, -0.25) is 9.40 Å². The molecule has 0 bridgehead atoms. The molecule has 0 saturated carbocycles. The van der Waals surface area contributed by atoms with Crippen LogP contribution in [0.3, 0.4) is 0 Å². The molecule has 0 aliphatic carbocycles. The molecule has 6 nitrogen and oxygen atoms in total. The van der Waals surface area contributed by atoms with Crippen LogP contribution in [0.1, 0.15) is 24.5 Å². The molecule has 2 unspecified atom stereocenters. The number of nitrogens with one attached hydrogen (secondary N) is 1. The highest BCUT2D eigenvalue weighted by molar-refractivity contribution is 7.92. The van der Waals surface area contributed by atoms with E-state index in [0.717, 1.165) is 35.2 Å². The highest BCUT2D eigenvalue weighted by Gasteiger charge is 2.47. The molecule has 0 aliphatic heterocycles. The summed E-state index contributed by atoms with van der Waals surface area (Å²) in [5, 5.41) is 15.0. The summed E-state index contributed by atoms with van der Waals surface area (Å²) in [6, 6.07) is 7.97. The monoisotopic (exact) mass is 477 g/mol. The van der Waals surface area contributed by atoms with Crippen molar-refractivity contribution in [3.63, 3.8) is 0 Å². The lowest BCUT2D eigenvalue weighted by Gasteiger charge is -2.38. The van der Waals surface area contributed by atoms with Gasteiger partial charge in [-0.1, -0.05) is 25.1 Å². The van der Waals surface area contributed by atoms with E-state index in [9.17, 15) is 35.5 Å². The topological polar surface area (TPSA) is 84.2 Å². The first-order valence-corrected chi connectivity index (χ1v) is 11.3. The summed E-state index contributed by atoms with van der Waals surface area (Å²) in [6.45, 7) is 1.50. The fourth-order valence-electron chi connectivity index (χ4n) is 3.80. The Morgan fingerprint density at radius 2 is 1.69 bits per heavy atom. The average Bonchev–Trinajstić information content (AvgIpc) is 3.13. The lowest BCUT2D eigenvalue weighted by atomic mass is 9.81. The van der Waals surface area contributed by atoms with Gasteiger partial charge in [0.2, 0.25) is 10.0 Å². The third kappa shape index (κ3) is 4.29. The predicted octanol–water partition coefficient (Wildman–Crippen LogP) is 4.21. The van der Waals surface area contributed by atoms with E-state index in [1.54, 1.807) is 0 Å². The summed E-state index contributed by atoms with van der Waals surface area (Å²) >= 11 is 0. The van der Waals surface area contributed by atoms with Gasteiger partial charge in [0.15, 0.2) is 0 Å². The highest BCUT2D eigenvalue weighted by atomic mass is 32.2. The van der Waals surface area contributed by atoms with Gasteiger partial charge in [-0.25, -0.2) is 17.2 Å². The minimum absolute atomic E-state index is 0.00715. The van der Waals surface area contributed by atoms with Crippen LogP contribution in [0.25, 0.3) is 10.9 Å². The van der Waals surface area contributed by atoms with Crippen molar-refractivity contribution in [1.29, 1.82) is 0 Å². The van der Waals surface area contributed by atoms with Gasteiger partial charge in [0.1, 0.15) is 11.6 Å². The molecule has 3 aromatic rings. The highest BCUT2D eigenvalue weighted by Crippen LogP contribution is 2.40. The van der Waals surface area contributed by atoms with Gasteiger partial charge in [0, 0.05) is 5.39 Å². The summed E-state index contributed by atoms with van der Waals surface area (Å²) in [7, 11) is -3.66. The van der Waals surface area contributed by atoms with Crippen LogP contribution in [0, 0.1) is 0 Å². The summed E-state index contributed by atoms with van der Waals surface area (Å²) in [6.07, 6.45) is -8.15. The molecule has 0 radical (unpaired) electrons. The molecule has 12 heteroatoms. The van der Waals surface area contributed by atoms with E-state index in [1.165, 1.54) is 31.3 Å². The first-order valence-electron chi connectivity index (χ1n) is 9.40. The fraction of sp³-hybridized carbons (Fsp3) is 0.350. The van der Waals surface area contributed by atoms with Crippen molar-refractivity contribution >= 4 is 26.6 Å². The van der Waals surface area contributed by atoms with Crippen LogP contribution in [0.4, 0.5) is 27.6 Å². The zero-order valence-electron chi connectivity index (χ0n) is 16.9. The minimum Gasteiger partial charge on any atom is -0.384 e. The maximum absolute atomic E-state index is 13.8. The number of alkyl halides is 5. The van der Waals surface area contributed by atoms with Crippen molar-refractivity contribution in [3.8, 4) is 0 Å². The first-order chi connectivity index (χ1) is 14.8. The van der Waals surface area contributed by atoms with Crippen molar-refractivity contribution in [2.75, 3.05) is 11.0 Å². The summed E-state index contributed by atoms with van der Waals surface area (Å²) < 4.78 is 93.3. The molecule has 2 N–H and O–H groups in total. The number of halogens is 5. The van der Waals surface area contributed by atoms with Gasteiger partial charge in [0.05, 0.1) is 29.2 Å². The van der Waals surface area contributed by atoms with Crippen molar-refractivity contribution in [1.82, 2.24) is 9.78 Å². The number of nitrogens with zero attached hydrogens (tertiary/aromatic N) is 2. The van der Waals surface area contributed by atoms with Gasteiger partial charge in [-0.2, -0.15) is 18.3 Å². The van der Waals surface area contributed by atoms with Crippen LogP contribution in [-0.4, -0.2) is 42.1 Å². The number of benzene rings is 2. The van der Waals surface area contributed by atoms with Crippen LogP contribution >= 0.6 is 0 Å². The van der Waals surface area contributed by atoms with Crippen LogP contribution in [0.15, 0.2) is 48.7 Å². The smallest absolute Gasteiger partial charge is 0.384 e. The van der Waals surface area contributed by atoms with E-state index < -0.39 is 39.8 Å². The van der Waals surface area contributed by atoms with Crippen molar-refractivity contribution in [2.45, 2.75) is 37.6 Å². The number of hydrogen-bond acceptors (Lipinski definition) is 4. The Kier molecular flexibility index (Phi) is 6.22. The number of sulfonamides is 1. The molecule has 0 saturated heterocycles. The number of fused-ring (bicyclic) bond motifs is 1. The maximum atomic E-state index is 13.8. The molecule has 32 heavy (non-hydrogen) atoms. The average molecular weight is 477 g/mol. The zero-order chi connectivity index (χ0) is 23.9. The second-order valence-electron chi connectivity index (χ2n) is 7.30. The maximum Gasteiger partial charge on any atom is 0.416 e. The normalized spacial score (nSPS) is 15.7. The molecule has 1 heterocycles. The van der Waals surface area contributed by atoms with Crippen LogP contribution < -0.4 is 4.72 Å². The number of anilines is 1. The zero-order valence-corrected chi connectivity index (χ0v) is 17.8. The second-order valence-corrected chi connectivity index (χ2v) is 9.05. The molecule has 2 aromatic carbocycles. The largest absolute Gasteiger partial charge is 0.416 e. The van der Waals surface area contributed by atoms with Gasteiger partial charge in [-0.15, -0.1) is 0 Å². The Balaban J connectivity index is 2.28. The second kappa shape index (κ2) is 8.32. The lowest BCUT2D eigenvalue weighted by Crippen LogP contribution is -2.49. The fourth-order valence-corrected chi connectivity index (χ4v) is 4.37. The number of aliphatic hydroxyl groups excluding tert-OH is 1. The molecule has 0 fully saturated rings. The van der Waals surface area contributed by atoms with Crippen LogP contribution in [0.2, 0.25) is 0 Å². The van der Waals surface area contributed by atoms with E-state index in [1.807, 2.05) is 0 Å². The van der Waals surface area contributed by atoms with Crippen molar-refractivity contribution < 1.29 is 35.5 Å². The van der Waals surface area contributed by atoms with E-state index in [-0.39, 0.29) is 28.6 Å². The first kappa shape index (κ1) is 23.9. The van der Waals surface area contributed by atoms with Crippen LogP contribution in [0.5, 0.6) is 0 Å². The van der Waals surface area contributed by atoms with E-state index in [2.05, 4.69) is 9.82 Å². The van der Waals surface area contributed by atoms with Gasteiger partial charge >= 0.3 is 6.18 Å². The molecule has 0 spiro atoms. The van der Waals surface area contributed by atoms with Gasteiger partial charge in [-0.05, 0) is 36.2 Å².